The molecule has 0 aliphatic heterocycles. The molecule has 2 aromatic heterocycles. The van der Waals surface area contributed by atoms with E-state index in [0.29, 0.717) is 18.6 Å². The number of hydrogen-bond donors (Lipinski definition) is 1. The van der Waals surface area contributed by atoms with E-state index in [9.17, 15) is 4.79 Å². The van der Waals surface area contributed by atoms with Crippen molar-refractivity contribution in [1.29, 1.82) is 0 Å². The molecule has 8 nitrogen and oxygen atoms in total. The molecule has 3 aromatic rings. The van der Waals surface area contributed by atoms with Gasteiger partial charge in [0.1, 0.15) is 5.75 Å². The van der Waals surface area contributed by atoms with Crippen molar-refractivity contribution in [3.8, 4) is 5.75 Å². The number of aromatic amines is 1. The van der Waals surface area contributed by atoms with Crippen LogP contribution in [0.25, 0.3) is 10.9 Å². The van der Waals surface area contributed by atoms with Crippen LogP contribution in [0, 0.1) is 0 Å². The standard InChI is InChI=1S/C25H34N6O2/c1-3-23(24-27-28-29-31(24)20-10-6-7-11-20)30(19-8-4-5-9-19)16-18-14-17-12-13-21(33-2)15-22(17)26-25(18)32/h12-15,19-20,23H,3-11,16H2,1-2H3,(H,26,32). The van der Waals surface area contributed by atoms with Crippen LogP contribution >= 0.6 is 0 Å². The van der Waals surface area contributed by atoms with E-state index in [0.717, 1.165) is 60.1 Å². The van der Waals surface area contributed by atoms with Gasteiger partial charge in [0.15, 0.2) is 5.82 Å². The third-order valence-electron chi connectivity index (χ3n) is 7.55. The van der Waals surface area contributed by atoms with Gasteiger partial charge < -0.3 is 9.72 Å². The van der Waals surface area contributed by atoms with Gasteiger partial charge in [-0.1, -0.05) is 32.6 Å². The zero-order chi connectivity index (χ0) is 22.8. The van der Waals surface area contributed by atoms with Crippen LogP contribution in [0.3, 0.4) is 0 Å². The molecule has 0 radical (unpaired) electrons. The first-order chi connectivity index (χ1) is 16.2. The van der Waals surface area contributed by atoms with E-state index in [-0.39, 0.29) is 11.6 Å². The second-order valence-electron chi connectivity index (χ2n) is 9.53. The Morgan fingerprint density at radius 2 is 1.91 bits per heavy atom. The predicted molar refractivity (Wildman–Crippen MR) is 127 cm³/mol. The van der Waals surface area contributed by atoms with E-state index in [1.165, 1.54) is 25.7 Å². The summed E-state index contributed by atoms with van der Waals surface area (Å²) < 4.78 is 7.40. The van der Waals surface area contributed by atoms with Crippen LogP contribution in [0.1, 0.15) is 88.2 Å². The lowest BCUT2D eigenvalue weighted by molar-refractivity contribution is 0.110. The fourth-order valence-corrected chi connectivity index (χ4v) is 5.79. The van der Waals surface area contributed by atoms with Gasteiger partial charge in [0.25, 0.3) is 5.56 Å². The van der Waals surface area contributed by atoms with Gasteiger partial charge in [-0.25, -0.2) is 4.68 Å². The molecule has 1 aromatic carbocycles. The molecule has 0 amide bonds. The summed E-state index contributed by atoms with van der Waals surface area (Å²) in [6.45, 7) is 2.80. The molecule has 0 spiro atoms. The van der Waals surface area contributed by atoms with E-state index in [4.69, 9.17) is 4.74 Å². The van der Waals surface area contributed by atoms with Gasteiger partial charge in [-0.2, -0.15) is 0 Å². The Balaban J connectivity index is 1.50. The third kappa shape index (κ3) is 4.40. The van der Waals surface area contributed by atoms with Gasteiger partial charge >= 0.3 is 0 Å². The summed E-state index contributed by atoms with van der Waals surface area (Å²) in [5.74, 6) is 1.70. The highest BCUT2D eigenvalue weighted by Crippen LogP contribution is 2.36. The zero-order valence-corrected chi connectivity index (χ0v) is 19.7. The van der Waals surface area contributed by atoms with Crippen LogP contribution < -0.4 is 10.3 Å². The monoisotopic (exact) mass is 450 g/mol. The molecule has 2 aliphatic carbocycles. The number of rotatable bonds is 8. The molecule has 2 heterocycles. The predicted octanol–water partition coefficient (Wildman–Crippen LogP) is 4.53. The summed E-state index contributed by atoms with van der Waals surface area (Å²) in [5, 5.41) is 14.0. The van der Waals surface area contributed by atoms with Gasteiger partial charge in [0, 0.05) is 24.2 Å². The van der Waals surface area contributed by atoms with Crippen LogP contribution in [0.15, 0.2) is 29.1 Å². The molecule has 2 saturated carbocycles. The molecule has 2 fully saturated rings. The maximum Gasteiger partial charge on any atom is 0.252 e. The van der Waals surface area contributed by atoms with Gasteiger partial charge in [0.05, 0.1) is 24.7 Å². The van der Waals surface area contributed by atoms with Crippen molar-refractivity contribution in [1.82, 2.24) is 30.1 Å². The largest absolute Gasteiger partial charge is 0.497 e. The first-order valence-corrected chi connectivity index (χ1v) is 12.4. The topological polar surface area (TPSA) is 88.9 Å². The van der Waals surface area contributed by atoms with Crippen LogP contribution in [-0.4, -0.2) is 43.2 Å². The summed E-state index contributed by atoms with van der Waals surface area (Å²) in [4.78, 5) is 18.7. The smallest absolute Gasteiger partial charge is 0.252 e. The SMILES string of the molecule is CCC(c1nnnn1C1CCCC1)N(Cc1cc2ccc(OC)cc2[nH]c1=O)C1CCCC1. The molecule has 176 valence electrons. The van der Waals surface area contributed by atoms with Crippen molar-refractivity contribution in [2.75, 3.05) is 7.11 Å². The maximum absolute atomic E-state index is 13.1. The number of tetrazole rings is 1. The number of fused-ring (bicyclic) bond motifs is 1. The van der Waals surface area contributed by atoms with Crippen LogP contribution in [0.2, 0.25) is 0 Å². The van der Waals surface area contributed by atoms with Crippen molar-refractivity contribution in [2.45, 2.75) is 89.4 Å². The number of methoxy groups -OCH3 is 1. The Labute approximate surface area is 194 Å². The highest BCUT2D eigenvalue weighted by Gasteiger charge is 2.34. The molecule has 0 bridgehead atoms. The van der Waals surface area contributed by atoms with Crippen molar-refractivity contribution < 1.29 is 4.74 Å². The number of ether oxygens (including phenoxy) is 1. The second kappa shape index (κ2) is 9.63. The number of benzene rings is 1. The Hall–Kier alpha value is -2.74. The molecule has 8 heteroatoms. The first-order valence-electron chi connectivity index (χ1n) is 12.4. The van der Waals surface area contributed by atoms with Gasteiger partial charge in [-0.15, -0.1) is 5.10 Å². The van der Waals surface area contributed by atoms with Crippen molar-refractivity contribution >= 4 is 10.9 Å². The highest BCUT2D eigenvalue weighted by atomic mass is 16.5. The molecular weight excluding hydrogens is 416 g/mol. The van der Waals surface area contributed by atoms with E-state index >= 15 is 0 Å². The summed E-state index contributed by atoms with van der Waals surface area (Å²) in [6.07, 6.45) is 10.5. The quantitative estimate of drug-likeness (QED) is 0.542. The molecule has 5 rings (SSSR count). The fraction of sp³-hybridized carbons (Fsp3) is 0.600. The normalized spacial score (nSPS) is 18.5. The lowest BCUT2D eigenvalue weighted by Crippen LogP contribution is -2.39. The number of nitrogens with one attached hydrogen (secondary N) is 1. The number of aromatic nitrogens is 5. The molecule has 1 N–H and O–H groups in total. The van der Waals surface area contributed by atoms with Crippen LogP contribution in [0.5, 0.6) is 5.75 Å². The Bertz CT molecular complexity index is 1140. The molecule has 1 atom stereocenters. The molecule has 0 saturated heterocycles. The Morgan fingerprint density at radius 1 is 1.15 bits per heavy atom. The average molecular weight is 451 g/mol. The van der Waals surface area contributed by atoms with E-state index in [1.807, 2.05) is 24.3 Å². The maximum atomic E-state index is 13.1. The molecule has 1 unspecified atom stereocenters. The summed E-state index contributed by atoms with van der Waals surface area (Å²) >= 11 is 0. The van der Waals surface area contributed by atoms with Crippen LogP contribution in [-0.2, 0) is 6.54 Å². The average Bonchev–Trinajstić information content (AvgIpc) is 3.61. The zero-order valence-electron chi connectivity index (χ0n) is 19.7. The molecule has 33 heavy (non-hydrogen) atoms. The van der Waals surface area contributed by atoms with Gasteiger partial charge in [-0.05, 0) is 66.1 Å². The van der Waals surface area contributed by atoms with Gasteiger partial charge in [0.2, 0.25) is 0 Å². The lowest BCUT2D eigenvalue weighted by Gasteiger charge is -2.35. The van der Waals surface area contributed by atoms with Crippen molar-refractivity contribution in [2.24, 2.45) is 0 Å². The molecule has 2 aliphatic rings. The van der Waals surface area contributed by atoms with Crippen molar-refractivity contribution in [3.63, 3.8) is 0 Å². The minimum atomic E-state index is -0.0380. The summed E-state index contributed by atoms with van der Waals surface area (Å²) in [7, 11) is 1.64. The minimum Gasteiger partial charge on any atom is -0.497 e. The minimum absolute atomic E-state index is 0.0380. The second-order valence-corrected chi connectivity index (χ2v) is 9.53. The third-order valence-corrected chi connectivity index (χ3v) is 7.55. The number of H-pyrrole nitrogens is 1. The fourth-order valence-electron chi connectivity index (χ4n) is 5.79. The summed E-state index contributed by atoms with van der Waals surface area (Å²) in [6, 6.07) is 8.77. The van der Waals surface area contributed by atoms with Crippen molar-refractivity contribution in [3.05, 3.63) is 46.0 Å². The van der Waals surface area contributed by atoms with E-state index in [1.54, 1.807) is 7.11 Å². The molecular formula is C25H34N6O2. The van der Waals surface area contributed by atoms with Crippen LogP contribution in [0.4, 0.5) is 0 Å². The number of pyridine rings is 1. The highest BCUT2D eigenvalue weighted by molar-refractivity contribution is 5.80. The number of nitrogens with zero attached hydrogens (tertiary/aromatic N) is 5. The Morgan fingerprint density at radius 3 is 2.64 bits per heavy atom. The van der Waals surface area contributed by atoms with E-state index < -0.39 is 0 Å². The number of hydrogen-bond acceptors (Lipinski definition) is 6. The van der Waals surface area contributed by atoms with E-state index in [2.05, 4.69) is 37.0 Å². The Kier molecular flexibility index (Phi) is 6.44. The summed E-state index contributed by atoms with van der Waals surface area (Å²) in [5.41, 5.74) is 1.55. The first kappa shape index (κ1) is 22.1. The lowest BCUT2D eigenvalue weighted by atomic mass is 10.0. The van der Waals surface area contributed by atoms with Gasteiger partial charge in [-0.3, -0.25) is 9.69 Å².